The van der Waals surface area contributed by atoms with Gasteiger partial charge in [0.05, 0.1) is 7.11 Å². The molecule has 4 nitrogen and oxygen atoms in total. The zero-order chi connectivity index (χ0) is 11.5. The van der Waals surface area contributed by atoms with Crippen LogP contribution < -0.4 is 5.73 Å². The van der Waals surface area contributed by atoms with Gasteiger partial charge in [0.2, 0.25) is 0 Å². The number of methoxy groups -OCH3 is 1. The minimum atomic E-state index is -0.510. The summed E-state index contributed by atoms with van der Waals surface area (Å²) in [6.07, 6.45) is 2.43. The fraction of sp³-hybridized carbons (Fsp3) is 0.909. The molecule has 1 atom stereocenters. The Morgan fingerprint density at radius 2 is 2.27 bits per heavy atom. The quantitative estimate of drug-likeness (QED) is 0.699. The monoisotopic (exact) mass is 214 g/mol. The lowest BCUT2D eigenvalue weighted by molar-refractivity contribution is -0.142. The predicted molar refractivity (Wildman–Crippen MR) is 59.4 cm³/mol. The zero-order valence-electron chi connectivity index (χ0n) is 9.95. The maximum Gasteiger partial charge on any atom is 0.323 e. The van der Waals surface area contributed by atoms with Crippen LogP contribution in [0.15, 0.2) is 0 Å². The van der Waals surface area contributed by atoms with Crippen molar-refractivity contribution in [1.82, 2.24) is 4.90 Å². The number of carbonyl (C=O) groups is 1. The van der Waals surface area contributed by atoms with Gasteiger partial charge in [-0.15, -0.1) is 0 Å². The highest BCUT2D eigenvalue weighted by atomic mass is 16.5. The molecule has 88 valence electrons. The van der Waals surface area contributed by atoms with Gasteiger partial charge in [0.25, 0.3) is 0 Å². The van der Waals surface area contributed by atoms with Crippen LogP contribution in [0.4, 0.5) is 0 Å². The van der Waals surface area contributed by atoms with Gasteiger partial charge < -0.3 is 15.4 Å². The Labute approximate surface area is 91.8 Å². The van der Waals surface area contributed by atoms with Crippen LogP contribution in [0.3, 0.4) is 0 Å². The van der Waals surface area contributed by atoms with E-state index in [1.807, 2.05) is 0 Å². The Balaban J connectivity index is 2.41. The van der Waals surface area contributed by atoms with Crippen LogP contribution >= 0.6 is 0 Å². The van der Waals surface area contributed by atoms with E-state index in [0.29, 0.717) is 12.0 Å². The molecule has 1 unspecified atom stereocenters. The molecule has 1 saturated heterocycles. The van der Waals surface area contributed by atoms with Crippen molar-refractivity contribution in [3.8, 4) is 0 Å². The third-order valence-corrected chi connectivity index (χ3v) is 2.94. The molecule has 0 radical (unpaired) electrons. The summed E-state index contributed by atoms with van der Waals surface area (Å²) in [6, 6.07) is -0.510. The summed E-state index contributed by atoms with van der Waals surface area (Å²) in [5.41, 5.74) is 6.07. The Hall–Kier alpha value is -0.610. The number of esters is 1. The Morgan fingerprint density at radius 1 is 1.60 bits per heavy atom. The fourth-order valence-electron chi connectivity index (χ4n) is 2.20. The van der Waals surface area contributed by atoms with Crippen LogP contribution in [0.25, 0.3) is 0 Å². The highest BCUT2D eigenvalue weighted by Crippen LogP contribution is 2.28. The van der Waals surface area contributed by atoms with E-state index in [1.54, 1.807) is 0 Å². The second kappa shape index (κ2) is 4.94. The van der Waals surface area contributed by atoms with E-state index in [1.165, 1.54) is 20.0 Å². The van der Waals surface area contributed by atoms with Gasteiger partial charge in [-0.3, -0.25) is 4.79 Å². The number of rotatable bonds is 3. The van der Waals surface area contributed by atoms with Crippen molar-refractivity contribution in [2.24, 2.45) is 11.1 Å². The molecule has 0 amide bonds. The molecule has 1 rings (SSSR count). The number of hydrogen-bond donors (Lipinski definition) is 1. The number of hydrogen-bond acceptors (Lipinski definition) is 4. The molecule has 0 aromatic rings. The first kappa shape index (κ1) is 12.5. The first-order chi connectivity index (χ1) is 6.94. The van der Waals surface area contributed by atoms with Gasteiger partial charge in [0.15, 0.2) is 0 Å². The second-order valence-electron chi connectivity index (χ2n) is 5.13. The molecular formula is C11H22N2O2. The van der Waals surface area contributed by atoms with Gasteiger partial charge in [0.1, 0.15) is 6.04 Å². The molecule has 0 saturated carbocycles. The predicted octanol–water partition coefficient (Wildman–Crippen LogP) is 0.609. The van der Waals surface area contributed by atoms with Crippen molar-refractivity contribution in [2.45, 2.75) is 32.7 Å². The van der Waals surface area contributed by atoms with Gasteiger partial charge in [-0.1, -0.05) is 13.8 Å². The molecule has 1 aliphatic heterocycles. The second-order valence-corrected chi connectivity index (χ2v) is 5.13. The standard InChI is InChI=1S/C11H22N2O2/c1-11(2)5-4-6-13(8-11)7-9(12)10(14)15-3/h9H,4-8,12H2,1-3H3. The molecular weight excluding hydrogens is 192 g/mol. The topological polar surface area (TPSA) is 55.6 Å². The highest BCUT2D eigenvalue weighted by molar-refractivity contribution is 5.75. The zero-order valence-corrected chi connectivity index (χ0v) is 9.95. The SMILES string of the molecule is COC(=O)C(N)CN1CCCC(C)(C)C1. The Bertz CT molecular complexity index is 229. The van der Waals surface area contributed by atoms with Gasteiger partial charge in [-0.25, -0.2) is 0 Å². The molecule has 0 spiro atoms. The van der Waals surface area contributed by atoms with Crippen molar-refractivity contribution < 1.29 is 9.53 Å². The average molecular weight is 214 g/mol. The van der Waals surface area contributed by atoms with Crippen molar-refractivity contribution in [3.05, 3.63) is 0 Å². The van der Waals surface area contributed by atoms with Gasteiger partial charge in [-0.2, -0.15) is 0 Å². The molecule has 2 N–H and O–H groups in total. The van der Waals surface area contributed by atoms with Crippen molar-refractivity contribution in [2.75, 3.05) is 26.7 Å². The summed E-state index contributed by atoms with van der Waals surface area (Å²) >= 11 is 0. The summed E-state index contributed by atoms with van der Waals surface area (Å²) in [4.78, 5) is 13.4. The van der Waals surface area contributed by atoms with Crippen LogP contribution in [-0.4, -0.2) is 43.7 Å². The van der Waals surface area contributed by atoms with Gasteiger partial charge in [-0.05, 0) is 24.8 Å². The number of ether oxygens (including phenoxy) is 1. The van der Waals surface area contributed by atoms with Crippen molar-refractivity contribution >= 4 is 5.97 Å². The van der Waals surface area contributed by atoms with E-state index in [0.717, 1.165) is 13.1 Å². The van der Waals surface area contributed by atoms with E-state index in [9.17, 15) is 4.79 Å². The largest absolute Gasteiger partial charge is 0.468 e. The molecule has 0 bridgehead atoms. The van der Waals surface area contributed by atoms with Gasteiger partial charge in [0, 0.05) is 13.1 Å². The van der Waals surface area contributed by atoms with Crippen LogP contribution in [0.2, 0.25) is 0 Å². The third-order valence-electron chi connectivity index (χ3n) is 2.94. The van der Waals surface area contributed by atoms with Crippen molar-refractivity contribution in [1.29, 1.82) is 0 Å². The molecule has 0 aromatic carbocycles. The summed E-state index contributed by atoms with van der Waals surface area (Å²) in [6.45, 7) is 7.16. The number of piperidine rings is 1. The molecule has 15 heavy (non-hydrogen) atoms. The minimum absolute atomic E-state index is 0.321. The molecule has 1 fully saturated rings. The maximum atomic E-state index is 11.2. The lowest BCUT2D eigenvalue weighted by Crippen LogP contribution is -2.48. The lowest BCUT2D eigenvalue weighted by atomic mass is 9.84. The van der Waals surface area contributed by atoms with E-state index in [4.69, 9.17) is 5.73 Å². The molecule has 0 aliphatic carbocycles. The van der Waals surface area contributed by atoms with E-state index in [-0.39, 0.29) is 5.97 Å². The maximum absolute atomic E-state index is 11.2. The third kappa shape index (κ3) is 3.80. The molecule has 0 aromatic heterocycles. The van der Waals surface area contributed by atoms with Crippen LogP contribution in [0.5, 0.6) is 0 Å². The fourth-order valence-corrected chi connectivity index (χ4v) is 2.20. The van der Waals surface area contributed by atoms with Crippen molar-refractivity contribution in [3.63, 3.8) is 0 Å². The Kier molecular flexibility index (Phi) is 4.11. The first-order valence-corrected chi connectivity index (χ1v) is 5.50. The summed E-state index contributed by atoms with van der Waals surface area (Å²) < 4.78 is 4.61. The van der Waals surface area contributed by atoms with Crippen LogP contribution in [0.1, 0.15) is 26.7 Å². The number of nitrogens with zero attached hydrogens (tertiary/aromatic N) is 1. The number of likely N-dealkylation sites (tertiary alicyclic amines) is 1. The van der Waals surface area contributed by atoms with Gasteiger partial charge >= 0.3 is 5.97 Å². The Morgan fingerprint density at radius 3 is 2.80 bits per heavy atom. The average Bonchev–Trinajstić information content (AvgIpc) is 2.14. The van der Waals surface area contributed by atoms with E-state index >= 15 is 0 Å². The first-order valence-electron chi connectivity index (χ1n) is 5.50. The highest BCUT2D eigenvalue weighted by Gasteiger charge is 2.28. The molecule has 1 heterocycles. The molecule has 1 aliphatic rings. The van der Waals surface area contributed by atoms with E-state index < -0.39 is 6.04 Å². The van der Waals surface area contributed by atoms with Crippen LogP contribution in [-0.2, 0) is 9.53 Å². The smallest absolute Gasteiger partial charge is 0.323 e. The van der Waals surface area contributed by atoms with E-state index in [2.05, 4.69) is 23.5 Å². The summed E-state index contributed by atoms with van der Waals surface area (Å²) in [7, 11) is 1.38. The minimum Gasteiger partial charge on any atom is -0.468 e. The molecule has 4 heteroatoms. The van der Waals surface area contributed by atoms with Crippen LogP contribution in [0, 0.1) is 5.41 Å². The number of carbonyl (C=O) groups excluding carboxylic acids is 1. The summed E-state index contributed by atoms with van der Waals surface area (Å²) in [5, 5.41) is 0. The summed E-state index contributed by atoms with van der Waals surface area (Å²) in [5.74, 6) is -0.321. The lowest BCUT2D eigenvalue weighted by Gasteiger charge is -2.38. The number of nitrogens with two attached hydrogens (primary N) is 1. The normalized spacial score (nSPS) is 23.5.